The Kier molecular flexibility index (Phi) is 4.83. The molecule has 90 valence electrons. The van der Waals surface area contributed by atoms with Gasteiger partial charge in [0.2, 0.25) is 0 Å². The molecule has 1 saturated heterocycles. The van der Waals surface area contributed by atoms with Gasteiger partial charge in [-0.05, 0) is 32.0 Å². The minimum Gasteiger partial charge on any atom is -0.314 e. The van der Waals surface area contributed by atoms with E-state index in [1.54, 1.807) is 0 Å². The second-order valence-electron chi connectivity index (χ2n) is 4.42. The van der Waals surface area contributed by atoms with Gasteiger partial charge in [-0.1, -0.05) is 6.42 Å². The fourth-order valence-corrected chi connectivity index (χ4v) is 2.17. The van der Waals surface area contributed by atoms with Crippen LogP contribution in [0.3, 0.4) is 0 Å². The van der Waals surface area contributed by atoms with Gasteiger partial charge in [0.05, 0.1) is 6.54 Å². The summed E-state index contributed by atoms with van der Waals surface area (Å²) in [5.41, 5.74) is 0. The van der Waals surface area contributed by atoms with Crippen LogP contribution in [0.15, 0.2) is 18.5 Å². The van der Waals surface area contributed by atoms with Crippen molar-refractivity contribution in [2.45, 2.75) is 25.8 Å². The lowest BCUT2D eigenvalue weighted by molar-refractivity contribution is 0.229. The molecule has 0 aromatic carbocycles. The molecule has 1 aromatic rings. The topological polar surface area (TPSA) is 33.1 Å². The van der Waals surface area contributed by atoms with E-state index < -0.39 is 0 Å². The van der Waals surface area contributed by atoms with E-state index in [4.69, 9.17) is 0 Å². The third-order valence-corrected chi connectivity index (χ3v) is 3.13. The zero-order valence-electron chi connectivity index (χ0n) is 9.94. The predicted octanol–water partition coefficient (Wildman–Crippen LogP) is 0.959. The molecular weight excluding hydrogens is 200 g/mol. The molecule has 0 atom stereocenters. The lowest BCUT2D eigenvalue weighted by Gasteiger charge is -2.26. The van der Waals surface area contributed by atoms with Crippen LogP contribution >= 0.6 is 0 Å². The second kappa shape index (κ2) is 6.66. The molecule has 4 heteroatoms. The van der Waals surface area contributed by atoms with Gasteiger partial charge < -0.3 is 10.2 Å². The van der Waals surface area contributed by atoms with Crippen molar-refractivity contribution in [2.75, 3.05) is 32.7 Å². The molecule has 0 saturated carbocycles. The highest BCUT2D eigenvalue weighted by Gasteiger charge is 2.08. The van der Waals surface area contributed by atoms with Gasteiger partial charge in [-0.2, -0.15) is 5.10 Å². The highest BCUT2D eigenvalue weighted by Crippen LogP contribution is 2.07. The van der Waals surface area contributed by atoms with E-state index in [1.807, 2.05) is 23.1 Å². The summed E-state index contributed by atoms with van der Waals surface area (Å²) in [6, 6.07) is 1.97. The van der Waals surface area contributed by atoms with E-state index in [0.29, 0.717) is 0 Å². The number of piperidine rings is 1. The molecule has 1 N–H and O–H groups in total. The number of nitrogens with zero attached hydrogens (tertiary/aromatic N) is 3. The predicted molar refractivity (Wildman–Crippen MR) is 65.4 cm³/mol. The Morgan fingerprint density at radius 1 is 1.06 bits per heavy atom. The summed E-state index contributed by atoms with van der Waals surface area (Å²) in [6.45, 7) is 6.85. The molecule has 2 rings (SSSR count). The summed E-state index contributed by atoms with van der Waals surface area (Å²) in [5, 5.41) is 7.64. The van der Waals surface area contributed by atoms with Crippen molar-refractivity contribution in [3.05, 3.63) is 18.5 Å². The van der Waals surface area contributed by atoms with E-state index >= 15 is 0 Å². The van der Waals surface area contributed by atoms with E-state index in [9.17, 15) is 0 Å². The van der Waals surface area contributed by atoms with Crippen LogP contribution in [0.4, 0.5) is 0 Å². The number of hydrogen-bond donors (Lipinski definition) is 1. The Bertz CT molecular complexity index is 265. The van der Waals surface area contributed by atoms with E-state index in [2.05, 4.69) is 15.3 Å². The Morgan fingerprint density at radius 2 is 1.88 bits per heavy atom. The van der Waals surface area contributed by atoms with Crippen molar-refractivity contribution >= 4 is 0 Å². The maximum Gasteiger partial charge on any atom is 0.0533 e. The largest absolute Gasteiger partial charge is 0.314 e. The van der Waals surface area contributed by atoms with Gasteiger partial charge in [-0.3, -0.25) is 4.68 Å². The first-order chi connectivity index (χ1) is 7.95. The third-order valence-electron chi connectivity index (χ3n) is 3.13. The summed E-state index contributed by atoms with van der Waals surface area (Å²) in [4.78, 5) is 2.56. The van der Waals surface area contributed by atoms with Crippen LogP contribution in [0.2, 0.25) is 0 Å². The van der Waals surface area contributed by atoms with Crippen molar-refractivity contribution < 1.29 is 0 Å². The van der Waals surface area contributed by atoms with Gasteiger partial charge in [-0.15, -0.1) is 0 Å². The quantitative estimate of drug-likeness (QED) is 0.728. The minimum absolute atomic E-state index is 0.965. The van der Waals surface area contributed by atoms with Crippen molar-refractivity contribution in [1.82, 2.24) is 20.0 Å². The van der Waals surface area contributed by atoms with E-state index in [1.165, 1.54) is 38.9 Å². The summed E-state index contributed by atoms with van der Waals surface area (Å²) in [5.74, 6) is 0. The zero-order valence-corrected chi connectivity index (χ0v) is 9.94. The van der Waals surface area contributed by atoms with Gasteiger partial charge in [0.1, 0.15) is 0 Å². The average molecular weight is 222 g/mol. The van der Waals surface area contributed by atoms with Gasteiger partial charge in [0, 0.05) is 32.0 Å². The number of aromatic nitrogens is 2. The summed E-state index contributed by atoms with van der Waals surface area (Å²) in [7, 11) is 0. The second-order valence-corrected chi connectivity index (χ2v) is 4.42. The van der Waals surface area contributed by atoms with Crippen LogP contribution in [0.25, 0.3) is 0 Å². The first kappa shape index (κ1) is 11.6. The third kappa shape index (κ3) is 3.94. The minimum atomic E-state index is 0.965. The SMILES string of the molecule is c1cnn(CCNCCN2CCCCC2)c1. The van der Waals surface area contributed by atoms with Gasteiger partial charge >= 0.3 is 0 Å². The number of rotatable bonds is 6. The van der Waals surface area contributed by atoms with Crippen LogP contribution in [0.1, 0.15) is 19.3 Å². The van der Waals surface area contributed by atoms with Crippen molar-refractivity contribution in [2.24, 2.45) is 0 Å². The van der Waals surface area contributed by atoms with Crippen molar-refractivity contribution in [3.63, 3.8) is 0 Å². The fourth-order valence-electron chi connectivity index (χ4n) is 2.17. The smallest absolute Gasteiger partial charge is 0.0533 e. The van der Waals surface area contributed by atoms with E-state index in [-0.39, 0.29) is 0 Å². The van der Waals surface area contributed by atoms with Gasteiger partial charge in [-0.25, -0.2) is 0 Å². The Hall–Kier alpha value is -0.870. The summed E-state index contributed by atoms with van der Waals surface area (Å²) >= 11 is 0. The zero-order chi connectivity index (χ0) is 11.1. The van der Waals surface area contributed by atoms with Crippen molar-refractivity contribution in [3.8, 4) is 0 Å². The molecule has 0 unspecified atom stereocenters. The number of likely N-dealkylation sites (tertiary alicyclic amines) is 1. The molecule has 0 bridgehead atoms. The van der Waals surface area contributed by atoms with Gasteiger partial charge in [0.25, 0.3) is 0 Å². The van der Waals surface area contributed by atoms with Crippen LogP contribution in [0.5, 0.6) is 0 Å². The normalized spacial score (nSPS) is 17.8. The lowest BCUT2D eigenvalue weighted by Crippen LogP contribution is -2.36. The molecule has 0 amide bonds. The maximum absolute atomic E-state index is 4.17. The van der Waals surface area contributed by atoms with Crippen LogP contribution in [0, 0.1) is 0 Å². The van der Waals surface area contributed by atoms with Crippen LogP contribution in [-0.4, -0.2) is 47.4 Å². The first-order valence-corrected chi connectivity index (χ1v) is 6.36. The molecule has 0 radical (unpaired) electrons. The van der Waals surface area contributed by atoms with Crippen LogP contribution < -0.4 is 5.32 Å². The molecule has 1 aliphatic rings. The molecule has 0 aliphatic carbocycles. The molecule has 16 heavy (non-hydrogen) atoms. The van der Waals surface area contributed by atoms with E-state index in [0.717, 1.165) is 19.6 Å². The first-order valence-electron chi connectivity index (χ1n) is 6.36. The highest BCUT2D eigenvalue weighted by molar-refractivity contribution is 4.77. The summed E-state index contributed by atoms with van der Waals surface area (Å²) in [6.07, 6.45) is 8.02. The molecule has 1 aromatic heterocycles. The van der Waals surface area contributed by atoms with Crippen molar-refractivity contribution in [1.29, 1.82) is 0 Å². The average Bonchev–Trinajstić information content (AvgIpc) is 2.83. The molecule has 2 heterocycles. The fraction of sp³-hybridized carbons (Fsp3) is 0.750. The van der Waals surface area contributed by atoms with Gasteiger partial charge in [0.15, 0.2) is 0 Å². The Balaban J connectivity index is 1.48. The monoisotopic (exact) mass is 222 g/mol. The van der Waals surface area contributed by atoms with Crippen LogP contribution in [-0.2, 0) is 6.54 Å². The molecule has 1 fully saturated rings. The highest BCUT2D eigenvalue weighted by atomic mass is 15.3. The molecule has 4 nitrogen and oxygen atoms in total. The number of hydrogen-bond acceptors (Lipinski definition) is 3. The molecule has 1 aliphatic heterocycles. The Labute approximate surface area is 97.6 Å². The lowest BCUT2D eigenvalue weighted by atomic mass is 10.1. The molecular formula is C12H22N4. The standard InChI is InChI=1S/C12H22N4/c1-2-8-15(9-3-1)11-6-13-7-12-16-10-4-5-14-16/h4-5,10,13H,1-3,6-9,11-12H2. The Morgan fingerprint density at radius 3 is 2.62 bits per heavy atom. The number of nitrogens with one attached hydrogen (secondary N) is 1. The summed E-state index contributed by atoms with van der Waals surface area (Å²) < 4.78 is 1.97. The molecule has 0 spiro atoms. The maximum atomic E-state index is 4.17.